The predicted molar refractivity (Wildman–Crippen MR) is 71.2 cm³/mol. The second-order valence-corrected chi connectivity index (χ2v) is 6.44. The second-order valence-electron chi connectivity index (χ2n) is 4.58. The Morgan fingerprint density at radius 3 is 2.85 bits per heavy atom. The minimum Gasteiger partial charge on any atom is -0.465 e. The number of hydrogen-bond acceptors (Lipinski definition) is 6. The van der Waals surface area contributed by atoms with E-state index < -0.39 is 22.0 Å². The molecule has 9 heteroatoms. The topological polar surface area (TPSA) is 108 Å². The van der Waals surface area contributed by atoms with Crippen molar-refractivity contribution in [2.75, 3.05) is 18.9 Å². The first kappa shape index (κ1) is 14.8. The molecular weight excluding hydrogens is 284 g/mol. The van der Waals surface area contributed by atoms with Crippen LogP contribution in [-0.4, -0.2) is 47.7 Å². The lowest BCUT2D eigenvalue weighted by Gasteiger charge is -2.21. The van der Waals surface area contributed by atoms with Crippen molar-refractivity contribution in [3.05, 3.63) is 6.20 Å². The average molecular weight is 302 g/mol. The number of esters is 1. The van der Waals surface area contributed by atoms with Crippen molar-refractivity contribution >= 4 is 21.8 Å². The van der Waals surface area contributed by atoms with Crippen LogP contribution in [0, 0.1) is 0 Å². The molecule has 0 aliphatic carbocycles. The number of carbonyl (C=O) groups excluding carboxylic acids is 1. The Morgan fingerprint density at radius 2 is 2.30 bits per heavy atom. The monoisotopic (exact) mass is 302 g/mol. The summed E-state index contributed by atoms with van der Waals surface area (Å²) in [6, 6.07) is -0.778. The lowest BCUT2D eigenvalue weighted by molar-refractivity contribution is -0.146. The van der Waals surface area contributed by atoms with Gasteiger partial charge in [-0.15, -0.1) is 0 Å². The van der Waals surface area contributed by atoms with Crippen LogP contribution in [0.15, 0.2) is 11.1 Å². The first-order valence-electron chi connectivity index (χ1n) is 6.35. The Bertz CT molecular complexity index is 610. The minimum atomic E-state index is -3.84. The molecule has 1 atom stereocenters. The summed E-state index contributed by atoms with van der Waals surface area (Å²) in [5.74, 6) is -0.585. The van der Waals surface area contributed by atoms with E-state index in [0.29, 0.717) is 12.8 Å². The summed E-state index contributed by atoms with van der Waals surface area (Å²) in [6.07, 6.45) is 2.41. The number of nitrogens with two attached hydrogens (primary N) is 1. The Hall–Kier alpha value is -1.61. The first-order chi connectivity index (χ1) is 9.37. The fraction of sp³-hybridized carbons (Fsp3) is 0.636. The third-order valence-electron chi connectivity index (χ3n) is 3.17. The van der Waals surface area contributed by atoms with Crippen LogP contribution in [0.2, 0.25) is 0 Å². The van der Waals surface area contributed by atoms with Gasteiger partial charge in [0.25, 0.3) is 0 Å². The lowest BCUT2D eigenvalue weighted by atomic mass is 10.2. The molecule has 20 heavy (non-hydrogen) atoms. The molecule has 1 fully saturated rings. The van der Waals surface area contributed by atoms with Crippen LogP contribution in [0.1, 0.15) is 19.8 Å². The van der Waals surface area contributed by atoms with Crippen molar-refractivity contribution in [2.45, 2.75) is 30.7 Å². The number of carbonyl (C=O) groups is 1. The zero-order chi connectivity index (χ0) is 14.9. The molecule has 2 N–H and O–H groups in total. The second kappa shape index (κ2) is 5.41. The van der Waals surface area contributed by atoms with E-state index >= 15 is 0 Å². The number of hydrogen-bond donors (Lipinski definition) is 1. The van der Waals surface area contributed by atoms with E-state index in [4.69, 9.17) is 10.5 Å². The van der Waals surface area contributed by atoms with Gasteiger partial charge >= 0.3 is 5.97 Å². The molecule has 2 heterocycles. The van der Waals surface area contributed by atoms with Gasteiger partial charge in [0.05, 0.1) is 6.61 Å². The maximum atomic E-state index is 12.6. The van der Waals surface area contributed by atoms with Crippen LogP contribution in [0.3, 0.4) is 0 Å². The van der Waals surface area contributed by atoms with Gasteiger partial charge in [-0.1, -0.05) is 0 Å². The fourth-order valence-corrected chi connectivity index (χ4v) is 4.05. The number of ether oxygens (including phenoxy) is 1. The van der Waals surface area contributed by atoms with Gasteiger partial charge in [0.1, 0.15) is 10.9 Å². The van der Waals surface area contributed by atoms with Crippen LogP contribution in [0.4, 0.5) is 5.82 Å². The van der Waals surface area contributed by atoms with E-state index in [0.717, 1.165) is 4.31 Å². The molecule has 0 bridgehead atoms. The highest BCUT2D eigenvalue weighted by Gasteiger charge is 2.41. The van der Waals surface area contributed by atoms with Gasteiger partial charge in [-0.05, 0) is 19.8 Å². The van der Waals surface area contributed by atoms with Gasteiger partial charge < -0.3 is 10.5 Å². The van der Waals surface area contributed by atoms with Crippen LogP contribution in [0.5, 0.6) is 0 Å². The maximum absolute atomic E-state index is 12.6. The standard InChI is InChI=1S/C11H18N4O4S/c1-3-19-11(16)8-5-4-6-15(8)20(17,18)9-7-14(2)13-10(9)12/h7-8H,3-6H2,1-2H3,(H2,12,13). The molecule has 0 aromatic carbocycles. The number of nitrogen functional groups attached to an aromatic ring is 1. The molecule has 1 aromatic heterocycles. The van der Waals surface area contributed by atoms with Crippen LogP contribution in [0.25, 0.3) is 0 Å². The predicted octanol–water partition coefficient (Wildman–Crippen LogP) is -0.281. The summed E-state index contributed by atoms with van der Waals surface area (Å²) < 4.78 is 32.6. The molecule has 1 unspecified atom stereocenters. The molecule has 0 saturated carbocycles. The van der Waals surface area contributed by atoms with E-state index in [2.05, 4.69) is 5.10 Å². The number of rotatable bonds is 4. The summed E-state index contributed by atoms with van der Waals surface area (Å²) in [4.78, 5) is 11.8. The quantitative estimate of drug-likeness (QED) is 0.766. The summed E-state index contributed by atoms with van der Waals surface area (Å²) in [7, 11) is -2.25. The molecule has 0 radical (unpaired) electrons. The molecule has 1 saturated heterocycles. The number of aromatic nitrogens is 2. The lowest BCUT2D eigenvalue weighted by Crippen LogP contribution is -2.41. The number of aryl methyl sites for hydroxylation is 1. The average Bonchev–Trinajstić information content (AvgIpc) is 2.96. The molecule has 0 amide bonds. The van der Waals surface area contributed by atoms with Crippen molar-refractivity contribution in [2.24, 2.45) is 7.05 Å². The Balaban J connectivity index is 2.33. The van der Waals surface area contributed by atoms with Crippen LogP contribution in [-0.2, 0) is 26.6 Å². The molecule has 8 nitrogen and oxygen atoms in total. The Labute approximate surface area is 117 Å². The van der Waals surface area contributed by atoms with Crippen molar-refractivity contribution in [3.8, 4) is 0 Å². The minimum absolute atomic E-state index is 0.0676. The number of nitrogens with zero attached hydrogens (tertiary/aromatic N) is 3. The largest absolute Gasteiger partial charge is 0.465 e. The molecule has 2 rings (SSSR count). The van der Waals surface area contributed by atoms with Crippen molar-refractivity contribution < 1.29 is 17.9 Å². The molecule has 0 spiro atoms. The van der Waals surface area contributed by atoms with E-state index in [1.165, 1.54) is 10.9 Å². The fourth-order valence-electron chi connectivity index (χ4n) is 2.31. The summed E-state index contributed by atoms with van der Waals surface area (Å²) >= 11 is 0. The maximum Gasteiger partial charge on any atom is 0.324 e. The third-order valence-corrected chi connectivity index (χ3v) is 5.10. The van der Waals surface area contributed by atoms with E-state index in [9.17, 15) is 13.2 Å². The molecular formula is C11H18N4O4S. The molecule has 1 aliphatic heterocycles. The summed E-state index contributed by atoms with van der Waals surface area (Å²) in [5.41, 5.74) is 5.62. The van der Waals surface area contributed by atoms with Crippen LogP contribution < -0.4 is 5.73 Å². The third kappa shape index (κ3) is 2.50. The smallest absolute Gasteiger partial charge is 0.324 e. The highest BCUT2D eigenvalue weighted by Crippen LogP contribution is 2.29. The zero-order valence-electron chi connectivity index (χ0n) is 11.4. The Morgan fingerprint density at radius 1 is 1.60 bits per heavy atom. The van der Waals surface area contributed by atoms with Gasteiger partial charge in [-0.3, -0.25) is 9.48 Å². The van der Waals surface area contributed by atoms with Gasteiger partial charge in [-0.2, -0.15) is 9.40 Å². The first-order valence-corrected chi connectivity index (χ1v) is 7.79. The van der Waals surface area contributed by atoms with E-state index in [-0.39, 0.29) is 23.9 Å². The van der Waals surface area contributed by atoms with Gasteiger partial charge in [0, 0.05) is 19.8 Å². The molecule has 1 aliphatic rings. The normalized spacial score (nSPS) is 20.2. The van der Waals surface area contributed by atoms with Gasteiger partial charge in [0.15, 0.2) is 5.82 Å². The van der Waals surface area contributed by atoms with Crippen molar-refractivity contribution in [3.63, 3.8) is 0 Å². The highest BCUT2D eigenvalue weighted by atomic mass is 32.2. The van der Waals surface area contributed by atoms with E-state index in [1.807, 2.05) is 0 Å². The van der Waals surface area contributed by atoms with Crippen LogP contribution >= 0.6 is 0 Å². The number of anilines is 1. The van der Waals surface area contributed by atoms with Crippen molar-refractivity contribution in [1.82, 2.24) is 14.1 Å². The SMILES string of the molecule is CCOC(=O)C1CCCN1S(=O)(=O)c1cn(C)nc1N. The highest BCUT2D eigenvalue weighted by molar-refractivity contribution is 7.89. The Kier molecular flexibility index (Phi) is 4.00. The summed E-state index contributed by atoms with van der Waals surface area (Å²) in [6.45, 7) is 2.18. The molecule has 112 valence electrons. The molecule has 1 aromatic rings. The van der Waals surface area contributed by atoms with E-state index in [1.54, 1.807) is 14.0 Å². The van der Waals surface area contributed by atoms with Crippen molar-refractivity contribution in [1.29, 1.82) is 0 Å². The van der Waals surface area contributed by atoms with Gasteiger partial charge in [0.2, 0.25) is 10.0 Å². The number of sulfonamides is 1. The summed E-state index contributed by atoms with van der Waals surface area (Å²) in [5, 5.41) is 3.83. The zero-order valence-corrected chi connectivity index (χ0v) is 12.3. The van der Waals surface area contributed by atoms with Gasteiger partial charge in [-0.25, -0.2) is 8.42 Å².